The van der Waals surface area contributed by atoms with Gasteiger partial charge in [-0.3, -0.25) is 9.52 Å². The Hall–Kier alpha value is -2.62. The lowest BCUT2D eigenvalue weighted by Crippen LogP contribution is -2.43. The fourth-order valence-corrected chi connectivity index (χ4v) is 4.68. The first-order chi connectivity index (χ1) is 14.4. The van der Waals surface area contributed by atoms with E-state index < -0.39 is 10.0 Å². The molecule has 0 saturated carbocycles. The number of methoxy groups -OCH3 is 1. The Kier molecular flexibility index (Phi) is 7.30. The number of piperazine rings is 1. The number of carbonyl (C=O) groups is 1. The minimum atomic E-state index is -3.81. The number of aryl methyl sites for hydroxylation is 1. The van der Waals surface area contributed by atoms with Gasteiger partial charge in [0.15, 0.2) is 0 Å². The van der Waals surface area contributed by atoms with E-state index in [1.165, 1.54) is 0 Å². The highest BCUT2D eigenvalue weighted by Crippen LogP contribution is 2.30. The molecule has 0 aliphatic carbocycles. The first kappa shape index (κ1) is 22.1. The first-order valence-corrected chi connectivity index (χ1v) is 11.4. The number of sulfonamides is 1. The van der Waals surface area contributed by atoms with Gasteiger partial charge in [-0.15, -0.1) is 0 Å². The van der Waals surface area contributed by atoms with E-state index in [4.69, 9.17) is 4.74 Å². The molecule has 3 N–H and O–H groups in total. The molecule has 1 aliphatic heterocycles. The molecule has 0 atom stereocenters. The highest BCUT2D eigenvalue weighted by atomic mass is 32.2. The highest BCUT2D eigenvalue weighted by Gasteiger charge is 2.22. The molecular weight excluding hydrogens is 404 g/mol. The van der Waals surface area contributed by atoms with E-state index >= 15 is 0 Å². The summed E-state index contributed by atoms with van der Waals surface area (Å²) >= 11 is 0. The standard InChI is InChI=1S/C21H28N4O4S/c1-16-5-3-4-6-20(16)30(27,28)24-18-15-17(21(26)23-11-14-29-2)7-8-19(18)25-12-9-22-10-13-25/h3-8,15,22,24H,9-14H2,1-2H3,(H,23,26). The highest BCUT2D eigenvalue weighted by molar-refractivity contribution is 7.92. The van der Waals surface area contributed by atoms with Crippen molar-refractivity contribution in [3.63, 3.8) is 0 Å². The molecule has 2 aromatic carbocycles. The molecule has 0 spiro atoms. The Bertz CT molecular complexity index is 988. The zero-order valence-corrected chi connectivity index (χ0v) is 18.1. The van der Waals surface area contributed by atoms with Gasteiger partial charge in [-0.2, -0.15) is 0 Å². The number of ether oxygens (including phenoxy) is 1. The number of anilines is 2. The maximum absolute atomic E-state index is 13.1. The number of amides is 1. The summed E-state index contributed by atoms with van der Waals surface area (Å²) in [5.41, 5.74) is 2.18. The molecular formula is C21H28N4O4S. The van der Waals surface area contributed by atoms with Crippen molar-refractivity contribution < 1.29 is 17.9 Å². The third kappa shape index (κ3) is 5.29. The van der Waals surface area contributed by atoms with E-state index in [1.807, 2.05) is 0 Å². The van der Waals surface area contributed by atoms with Crippen molar-refractivity contribution >= 4 is 27.3 Å². The molecule has 1 saturated heterocycles. The van der Waals surface area contributed by atoms with Crippen molar-refractivity contribution in [3.05, 3.63) is 53.6 Å². The monoisotopic (exact) mass is 432 g/mol. The van der Waals surface area contributed by atoms with Crippen LogP contribution in [0.1, 0.15) is 15.9 Å². The predicted molar refractivity (Wildman–Crippen MR) is 118 cm³/mol. The van der Waals surface area contributed by atoms with Crippen molar-refractivity contribution in [2.45, 2.75) is 11.8 Å². The fraction of sp³-hybridized carbons (Fsp3) is 0.381. The summed E-state index contributed by atoms with van der Waals surface area (Å²) in [5, 5.41) is 6.05. The van der Waals surface area contributed by atoms with Crippen molar-refractivity contribution in [1.29, 1.82) is 0 Å². The third-order valence-electron chi connectivity index (χ3n) is 4.94. The Balaban J connectivity index is 1.95. The Morgan fingerprint density at radius 2 is 1.90 bits per heavy atom. The van der Waals surface area contributed by atoms with E-state index in [0.717, 1.165) is 31.9 Å². The lowest BCUT2D eigenvalue weighted by Gasteiger charge is -2.31. The maximum Gasteiger partial charge on any atom is 0.262 e. The van der Waals surface area contributed by atoms with E-state index in [-0.39, 0.29) is 10.8 Å². The average molecular weight is 433 g/mol. The first-order valence-electron chi connectivity index (χ1n) is 9.87. The quantitative estimate of drug-likeness (QED) is 0.548. The molecule has 0 unspecified atom stereocenters. The van der Waals surface area contributed by atoms with Gasteiger partial charge in [0.25, 0.3) is 15.9 Å². The van der Waals surface area contributed by atoms with Crippen LogP contribution in [0.4, 0.5) is 11.4 Å². The maximum atomic E-state index is 13.1. The van der Waals surface area contributed by atoms with E-state index in [0.29, 0.717) is 30.0 Å². The van der Waals surface area contributed by atoms with Crippen LogP contribution in [-0.2, 0) is 14.8 Å². The Morgan fingerprint density at radius 1 is 1.17 bits per heavy atom. The lowest BCUT2D eigenvalue weighted by molar-refractivity contribution is 0.0937. The smallest absolute Gasteiger partial charge is 0.262 e. The minimum Gasteiger partial charge on any atom is -0.383 e. The van der Waals surface area contributed by atoms with Crippen molar-refractivity contribution in [3.8, 4) is 0 Å². The molecule has 30 heavy (non-hydrogen) atoms. The van der Waals surface area contributed by atoms with Gasteiger partial charge >= 0.3 is 0 Å². The largest absolute Gasteiger partial charge is 0.383 e. The molecule has 1 amide bonds. The third-order valence-corrected chi connectivity index (χ3v) is 6.46. The number of benzene rings is 2. The SMILES string of the molecule is COCCNC(=O)c1ccc(N2CCNCC2)c(NS(=O)(=O)c2ccccc2C)c1. The van der Waals surface area contributed by atoms with Crippen LogP contribution in [0.15, 0.2) is 47.4 Å². The normalized spacial score (nSPS) is 14.4. The van der Waals surface area contributed by atoms with Crippen LogP contribution < -0.4 is 20.3 Å². The van der Waals surface area contributed by atoms with Gasteiger partial charge in [0, 0.05) is 45.4 Å². The molecule has 1 aliphatic rings. The van der Waals surface area contributed by atoms with Gasteiger partial charge < -0.3 is 20.3 Å². The van der Waals surface area contributed by atoms with Crippen molar-refractivity contribution in [1.82, 2.24) is 10.6 Å². The number of nitrogens with one attached hydrogen (secondary N) is 3. The topological polar surface area (TPSA) is 99.8 Å². The summed E-state index contributed by atoms with van der Waals surface area (Å²) in [7, 11) is -2.25. The molecule has 1 heterocycles. The van der Waals surface area contributed by atoms with E-state index in [1.54, 1.807) is 56.5 Å². The van der Waals surface area contributed by atoms with Crippen LogP contribution in [0.25, 0.3) is 0 Å². The van der Waals surface area contributed by atoms with Gasteiger partial charge in [-0.05, 0) is 36.8 Å². The summed E-state index contributed by atoms with van der Waals surface area (Å²) in [5.74, 6) is -0.282. The van der Waals surface area contributed by atoms with Crippen LogP contribution in [0.2, 0.25) is 0 Å². The van der Waals surface area contributed by atoms with Crippen LogP contribution >= 0.6 is 0 Å². The second kappa shape index (κ2) is 9.92. The fourth-order valence-electron chi connectivity index (χ4n) is 3.37. The van der Waals surface area contributed by atoms with Crippen LogP contribution in [0.3, 0.4) is 0 Å². The van der Waals surface area contributed by atoms with Crippen LogP contribution in [0.5, 0.6) is 0 Å². The number of nitrogens with zero attached hydrogens (tertiary/aromatic N) is 1. The Morgan fingerprint density at radius 3 is 2.60 bits per heavy atom. The van der Waals surface area contributed by atoms with E-state index in [2.05, 4.69) is 20.3 Å². The van der Waals surface area contributed by atoms with Gasteiger partial charge in [-0.1, -0.05) is 18.2 Å². The number of carbonyl (C=O) groups excluding carboxylic acids is 1. The van der Waals surface area contributed by atoms with E-state index in [9.17, 15) is 13.2 Å². The zero-order chi connectivity index (χ0) is 21.6. The van der Waals surface area contributed by atoms with Crippen LogP contribution in [-0.4, -0.2) is 60.8 Å². The molecule has 9 heteroatoms. The second-order valence-electron chi connectivity index (χ2n) is 7.09. The van der Waals surface area contributed by atoms with Gasteiger partial charge in [0.2, 0.25) is 0 Å². The summed E-state index contributed by atoms with van der Waals surface area (Å²) in [4.78, 5) is 14.8. The van der Waals surface area contributed by atoms with Crippen LogP contribution in [0, 0.1) is 6.92 Å². The summed E-state index contributed by atoms with van der Waals surface area (Å²) < 4.78 is 33.8. The molecule has 0 bridgehead atoms. The molecule has 0 radical (unpaired) electrons. The molecule has 162 valence electrons. The lowest BCUT2D eigenvalue weighted by atomic mass is 10.1. The zero-order valence-electron chi connectivity index (χ0n) is 17.3. The number of hydrogen-bond acceptors (Lipinski definition) is 6. The molecule has 0 aromatic heterocycles. The number of rotatable bonds is 8. The molecule has 2 aromatic rings. The van der Waals surface area contributed by atoms with Gasteiger partial charge in [-0.25, -0.2) is 8.42 Å². The molecule has 8 nitrogen and oxygen atoms in total. The summed E-state index contributed by atoms with van der Waals surface area (Å²) in [6.45, 7) is 5.64. The van der Waals surface area contributed by atoms with Gasteiger partial charge in [0.1, 0.15) is 0 Å². The van der Waals surface area contributed by atoms with Gasteiger partial charge in [0.05, 0.1) is 22.9 Å². The Labute approximate surface area is 177 Å². The summed E-state index contributed by atoms with van der Waals surface area (Å²) in [6.07, 6.45) is 0. The van der Waals surface area contributed by atoms with Crippen molar-refractivity contribution in [2.24, 2.45) is 0 Å². The second-order valence-corrected chi connectivity index (χ2v) is 8.74. The minimum absolute atomic E-state index is 0.214. The summed E-state index contributed by atoms with van der Waals surface area (Å²) in [6, 6.07) is 11.9. The number of hydrogen-bond donors (Lipinski definition) is 3. The molecule has 1 fully saturated rings. The average Bonchev–Trinajstić information content (AvgIpc) is 2.74. The predicted octanol–water partition coefficient (Wildman–Crippen LogP) is 1.58. The molecule has 3 rings (SSSR count). The van der Waals surface area contributed by atoms with Crippen molar-refractivity contribution in [2.75, 3.05) is 56.1 Å².